The van der Waals surface area contributed by atoms with E-state index in [2.05, 4.69) is 149 Å². The summed E-state index contributed by atoms with van der Waals surface area (Å²) in [7, 11) is 0. The zero-order valence-electron chi connectivity index (χ0n) is 51.5. The topological polar surface area (TPSA) is 148 Å². The van der Waals surface area contributed by atoms with Crippen molar-refractivity contribution < 1.29 is 34.4 Å². The van der Waals surface area contributed by atoms with E-state index in [1.807, 2.05) is 49.4 Å². The highest BCUT2D eigenvalue weighted by atomic mass is 32.1. The number of amides is 1. The Morgan fingerprint density at radius 3 is 1.32 bits per heavy atom. The minimum absolute atomic E-state index is 0.0384. The van der Waals surface area contributed by atoms with Crippen molar-refractivity contribution in [2.75, 3.05) is 13.2 Å². The normalized spacial score (nSPS) is 11.4. The van der Waals surface area contributed by atoms with Crippen LogP contribution < -0.4 is 10.1 Å². The van der Waals surface area contributed by atoms with Crippen LogP contribution in [0.1, 0.15) is 196 Å². The molecule has 0 radical (unpaired) electrons. The van der Waals surface area contributed by atoms with Crippen molar-refractivity contribution in [3.05, 3.63) is 222 Å². The van der Waals surface area contributed by atoms with Crippen LogP contribution in [0.4, 0.5) is 0 Å². The molecule has 4 N–H and O–H groups in total. The molecule has 11 nitrogen and oxygen atoms in total. The Bertz CT molecular complexity index is 3410. The van der Waals surface area contributed by atoms with Gasteiger partial charge in [-0.05, 0) is 223 Å². The molecule has 0 bridgehead atoms. The van der Waals surface area contributed by atoms with Gasteiger partial charge in [0, 0.05) is 73.9 Å². The summed E-state index contributed by atoms with van der Waals surface area (Å²) in [4.78, 5) is 39.1. The monoisotopic (exact) mass is 1230 g/mol. The lowest BCUT2D eigenvalue weighted by atomic mass is 10.0. The molecule has 0 fully saturated rings. The molecule has 1 amide bonds. The molecule has 1 atom stereocenters. The summed E-state index contributed by atoms with van der Waals surface area (Å²) in [6, 6.07) is 49.5. The fourth-order valence-electron chi connectivity index (χ4n) is 10.5. The highest BCUT2D eigenvalue weighted by molar-refractivity contribution is 7.14. The number of ether oxygens (including phenoxy) is 1. The van der Waals surface area contributed by atoms with Crippen molar-refractivity contribution >= 4 is 51.9 Å². The lowest BCUT2D eigenvalue weighted by molar-refractivity contribution is 0.0691. The van der Waals surface area contributed by atoms with Crippen molar-refractivity contribution in [2.45, 2.75) is 169 Å². The number of thiophene rings is 3. The Balaban J connectivity index is 0.000000187. The average Bonchev–Trinajstić information content (AvgIpc) is 3.70. The Hall–Kier alpha value is -7.23. The second-order valence-electron chi connectivity index (χ2n) is 22.1. The molecule has 0 aliphatic carbocycles. The predicted molar refractivity (Wildman–Crippen MR) is 360 cm³/mol. The third kappa shape index (κ3) is 21.8. The molecule has 6 heterocycles. The Kier molecular flexibility index (Phi) is 28.5. The lowest BCUT2D eigenvalue weighted by Gasteiger charge is -2.13. The van der Waals surface area contributed by atoms with Crippen molar-refractivity contribution in [3.63, 3.8) is 0 Å². The minimum Gasteiger partial charge on any atom is -0.494 e. The van der Waals surface area contributed by atoms with Crippen molar-refractivity contribution in [3.8, 4) is 22.8 Å². The highest BCUT2D eigenvalue weighted by Crippen LogP contribution is 2.27. The number of aromatic carboxylic acids is 2. The molecule has 9 aromatic rings. The SMILES string of the molecule is CCCCCC(O)c1ccc(-n2cccc2CCCc2ccc(C(=O)O)s2)cc1.CCCCCCc1ccc(-n2cccc2CCCc2ccc(C(=O)NCC)s2)cc1.CCCCCOc1ccc(-n2cccc2CCCc2ccc(C(=O)O)s2)cc1. The molecule has 0 spiro atoms. The number of aryl methyl sites for hydroxylation is 7. The lowest BCUT2D eigenvalue weighted by Crippen LogP contribution is -2.21. The Morgan fingerprint density at radius 1 is 0.448 bits per heavy atom. The maximum Gasteiger partial charge on any atom is 0.345 e. The van der Waals surface area contributed by atoms with Crippen molar-refractivity contribution in [1.82, 2.24) is 19.0 Å². The van der Waals surface area contributed by atoms with E-state index in [0.717, 1.165) is 134 Å². The zero-order chi connectivity index (χ0) is 61.6. The number of benzene rings is 3. The number of nitrogens with one attached hydrogen (secondary N) is 1. The first-order valence-corrected chi connectivity index (χ1v) is 34.0. The van der Waals surface area contributed by atoms with Gasteiger partial charge >= 0.3 is 11.9 Å². The number of aromatic nitrogens is 3. The summed E-state index contributed by atoms with van der Waals surface area (Å²) in [5, 5.41) is 31.3. The van der Waals surface area contributed by atoms with Gasteiger partial charge in [-0.2, -0.15) is 0 Å². The van der Waals surface area contributed by atoms with Crippen LogP contribution in [0, 0.1) is 0 Å². The van der Waals surface area contributed by atoms with Crippen LogP contribution in [0.2, 0.25) is 0 Å². The summed E-state index contributed by atoms with van der Waals surface area (Å²) in [5.74, 6) is -0.742. The zero-order valence-corrected chi connectivity index (χ0v) is 53.9. The number of carbonyl (C=O) groups excluding carboxylic acids is 1. The Labute approximate surface area is 528 Å². The standard InChI is InChI=1S/C26H34N2OS.C24H29NO3S.C23H27NO3S/c1-3-5-6-7-10-21-14-16-23(17-15-21)28-20-9-12-22(28)11-8-13-24-18-19-25(30-24)26(29)27-4-2;1-2-3-4-10-22(26)18-11-13-20(14-12-18)25-17-6-8-19(25)7-5-9-21-15-16-23(29-21)24(27)28;1-2-3-4-17-27-20-12-10-19(11-13-20)24-16-6-8-18(24)7-5-9-21-14-15-22(28-21)23(25)26/h9,12,14-20H,3-8,10-11,13H2,1-2H3,(H,27,29);6,8,11-17,22,26H,2-5,7,9-10H2,1H3,(H,27,28);6,8,10-16H,2-5,7,9,17H2,1H3,(H,25,26). The minimum atomic E-state index is -0.853. The van der Waals surface area contributed by atoms with Gasteiger partial charge in [-0.25, -0.2) is 9.59 Å². The van der Waals surface area contributed by atoms with Crippen molar-refractivity contribution in [2.24, 2.45) is 0 Å². The third-order valence-electron chi connectivity index (χ3n) is 15.3. The summed E-state index contributed by atoms with van der Waals surface area (Å²) in [6.07, 6.45) is 28.7. The number of hydrogen-bond acceptors (Lipinski definition) is 8. The van der Waals surface area contributed by atoms with Crippen LogP contribution in [0.25, 0.3) is 17.1 Å². The van der Waals surface area contributed by atoms with Crippen molar-refractivity contribution in [1.29, 1.82) is 0 Å². The van der Waals surface area contributed by atoms with E-state index in [1.54, 1.807) is 23.5 Å². The molecule has 0 aliphatic heterocycles. The van der Waals surface area contributed by atoms with Crippen LogP contribution in [0.15, 0.2) is 164 Å². The molecule has 3 aromatic carbocycles. The molecule has 87 heavy (non-hydrogen) atoms. The van der Waals surface area contributed by atoms with E-state index in [-0.39, 0.29) is 12.0 Å². The fraction of sp³-hybridized carbons (Fsp3) is 0.384. The van der Waals surface area contributed by atoms with Gasteiger partial charge in [0.25, 0.3) is 5.91 Å². The molecule has 0 aliphatic rings. The number of carbonyl (C=O) groups is 3. The molecule has 9 rings (SSSR count). The van der Waals surface area contributed by atoms with E-state index in [0.29, 0.717) is 16.3 Å². The van der Waals surface area contributed by atoms with Gasteiger partial charge in [0.1, 0.15) is 15.5 Å². The van der Waals surface area contributed by atoms with E-state index < -0.39 is 11.9 Å². The summed E-state index contributed by atoms with van der Waals surface area (Å²) >= 11 is 4.34. The van der Waals surface area contributed by atoms with E-state index >= 15 is 0 Å². The number of nitrogens with zero attached hydrogens (tertiary/aromatic N) is 3. The average molecular weight is 1230 g/mol. The molecule has 1 unspecified atom stereocenters. The Morgan fingerprint density at radius 2 is 0.874 bits per heavy atom. The maximum atomic E-state index is 11.9. The smallest absolute Gasteiger partial charge is 0.345 e. The van der Waals surface area contributed by atoms with Gasteiger partial charge in [0.15, 0.2) is 0 Å². The second kappa shape index (κ2) is 36.8. The number of carboxylic acids is 2. The van der Waals surface area contributed by atoms with Crippen LogP contribution in [-0.4, -0.2) is 60.0 Å². The molecular weight excluding hydrogens is 1140 g/mol. The van der Waals surface area contributed by atoms with Gasteiger partial charge < -0.3 is 39.1 Å². The number of hydrogen-bond donors (Lipinski definition) is 4. The number of aliphatic hydroxyl groups is 1. The van der Waals surface area contributed by atoms with Gasteiger partial charge in [0.2, 0.25) is 0 Å². The molecule has 6 aromatic heterocycles. The third-order valence-corrected chi connectivity index (χ3v) is 18.7. The largest absolute Gasteiger partial charge is 0.494 e. The van der Waals surface area contributed by atoms with E-state index in [1.165, 1.54) is 101 Å². The van der Waals surface area contributed by atoms with Gasteiger partial charge in [-0.15, -0.1) is 34.0 Å². The predicted octanol–water partition coefficient (Wildman–Crippen LogP) is 18.6. The quantitative estimate of drug-likeness (QED) is 0.0294. The molecule has 14 heteroatoms. The first-order chi connectivity index (χ1) is 42.5. The molecule has 0 saturated heterocycles. The molecular formula is C73H90N4O7S3. The van der Waals surface area contributed by atoms with E-state index in [4.69, 9.17) is 14.9 Å². The summed E-state index contributed by atoms with van der Waals surface area (Å²) < 4.78 is 12.5. The molecule has 0 saturated carbocycles. The number of aliphatic hydroxyl groups excluding tert-OH is 1. The number of carboxylic acid groups (broad SMARTS) is 2. The van der Waals surface area contributed by atoms with Crippen LogP contribution in [0.5, 0.6) is 5.75 Å². The maximum absolute atomic E-state index is 11.9. The van der Waals surface area contributed by atoms with Gasteiger partial charge in [0.05, 0.1) is 17.6 Å². The molecule has 462 valence electrons. The van der Waals surface area contributed by atoms with E-state index in [9.17, 15) is 19.5 Å². The first-order valence-electron chi connectivity index (χ1n) is 31.6. The van der Waals surface area contributed by atoms with Crippen LogP contribution >= 0.6 is 34.0 Å². The first kappa shape index (κ1) is 67.3. The highest BCUT2D eigenvalue weighted by Gasteiger charge is 2.14. The van der Waals surface area contributed by atoms with Crippen LogP contribution in [0.3, 0.4) is 0 Å². The van der Waals surface area contributed by atoms with Gasteiger partial charge in [-0.1, -0.05) is 96.4 Å². The fourth-order valence-corrected chi connectivity index (χ4v) is 13.3. The van der Waals surface area contributed by atoms with Crippen LogP contribution in [-0.2, 0) is 44.9 Å². The summed E-state index contributed by atoms with van der Waals surface area (Å²) in [5.41, 5.74) is 9.70. The number of unbranched alkanes of at least 4 members (excludes halogenated alkanes) is 7. The number of rotatable bonds is 34. The summed E-state index contributed by atoms with van der Waals surface area (Å²) in [6.45, 7) is 10.0. The second-order valence-corrected chi connectivity index (χ2v) is 25.6. The van der Waals surface area contributed by atoms with Gasteiger partial charge in [-0.3, -0.25) is 4.79 Å².